The van der Waals surface area contributed by atoms with Gasteiger partial charge in [-0.3, -0.25) is 4.99 Å². The topological polar surface area (TPSA) is 48.9 Å². The third kappa shape index (κ3) is 11.3. The summed E-state index contributed by atoms with van der Waals surface area (Å²) >= 11 is 0. The number of unbranched alkanes of at least 4 members (excludes halogenated alkanes) is 1. The quantitative estimate of drug-likeness (QED) is 0.243. The number of nitrogens with one attached hydrogen (secondary N) is 2. The van der Waals surface area contributed by atoms with E-state index in [-0.39, 0.29) is 24.0 Å². The molecule has 0 aliphatic rings. The SMILES string of the molecule is CN=C(NCCCCN(C)C(C)C)NCCOc1ccc(C)cc1.I. The van der Waals surface area contributed by atoms with E-state index in [2.05, 4.69) is 60.5 Å². The van der Waals surface area contributed by atoms with E-state index in [1.165, 1.54) is 12.0 Å². The third-order valence-electron chi connectivity index (χ3n) is 4.02. The fourth-order valence-electron chi connectivity index (χ4n) is 2.14. The molecule has 0 unspecified atom stereocenters. The van der Waals surface area contributed by atoms with Crippen molar-refractivity contribution in [3.05, 3.63) is 29.8 Å². The van der Waals surface area contributed by atoms with Crippen LogP contribution in [0.1, 0.15) is 32.3 Å². The van der Waals surface area contributed by atoms with Crippen molar-refractivity contribution in [1.29, 1.82) is 0 Å². The molecule has 6 heteroatoms. The molecule has 0 saturated heterocycles. The van der Waals surface area contributed by atoms with E-state index in [1.54, 1.807) is 7.05 Å². The molecule has 0 spiro atoms. The van der Waals surface area contributed by atoms with Crippen molar-refractivity contribution in [2.24, 2.45) is 4.99 Å². The molecule has 0 aliphatic carbocycles. The van der Waals surface area contributed by atoms with Crippen molar-refractivity contribution in [1.82, 2.24) is 15.5 Å². The van der Waals surface area contributed by atoms with Crippen LogP contribution in [0.4, 0.5) is 0 Å². The Morgan fingerprint density at radius 3 is 2.36 bits per heavy atom. The molecule has 144 valence electrons. The second kappa shape index (κ2) is 14.2. The average molecular weight is 462 g/mol. The lowest BCUT2D eigenvalue weighted by atomic mass is 10.2. The van der Waals surface area contributed by atoms with Crippen molar-refractivity contribution in [3.8, 4) is 5.75 Å². The van der Waals surface area contributed by atoms with E-state index >= 15 is 0 Å². The molecule has 0 aliphatic heterocycles. The molecule has 0 radical (unpaired) electrons. The molecule has 25 heavy (non-hydrogen) atoms. The fourth-order valence-corrected chi connectivity index (χ4v) is 2.14. The molecule has 1 aromatic rings. The zero-order chi connectivity index (χ0) is 17.8. The molecule has 5 nitrogen and oxygen atoms in total. The third-order valence-corrected chi connectivity index (χ3v) is 4.02. The highest BCUT2D eigenvalue weighted by Gasteiger charge is 2.02. The summed E-state index contributed by atoms with van der Waals surface area (Å²) in [7, 11) is 3.97. The first-order chi connectivity index (χ1) is 11.5. The molecular formula is C19H35IN4O. The Kier molecular flexibility index (Phi) is 13.6. The average Bonchev–Trinajstić information content (AvgIpc) is 2.57. The minimum absolute atomic E-state index is 0. The van der Waals surface area contributed by atoms with Crippen LogP contribution in [0.2, 0.25) is 0 Å². The lowest BCUT2D eigenvalue weighted by Crippen LogP contribution is -2.39. The number of aliphatic imine (C=N–C) groups is 1. The minimum atomic E-state index is 0. The van der Waals surface area contributed by atoms with Crippen molar-refractivity contribution in [2.75, 3.05) is 40.3 Å². The summed E-state index contributed by atoms with van der Waals surface area (Å²) in [6, 6.07) is 8.72. The van der Waals surface area contributed by atoms with Crippen molar-refractivity contribution < 1.29 is 4.74 Å². The van der Waals surface area contributed by atoms with Gasteiger partial charge in [0.25, 0.3) is 0 Å². The Bertz CT molecular complexity index is 477. The number of benzene rings is 1. The van der Waals surface area contributed by atoms with E-state index in [1.807, 2.05) is 12.1 Å². The lowest BCUT2D eigenvalue weighted by Gasteiger charge is -2.20. The Labute approximate surface area is 170 Å². The van der Waals surface area contributed by atoms with Crippen LogP contribution in [-0.2, 0) is 0 Å². The molecule has 1 rings (SSSR count). The number of hydrogen-bond acceptors (Lipinski definition) is 3. The van der Waals surface area contributed by atoms with Crippen LogP contribution < -0.4 is 15.4 Å². The zero-order valence-electron chi connectivity index (χ0n) is 16.3. The van der Waals surface area contributed by atoms with Gasteiger partial charge >= 0.3 is 0 Å². The van der Waals surface area contributed by atoms with Gasteiger partial charge in [0.05, 0.1) is 6.54 Å². The molecule has 0 saturated carbocycles. The van der Waals surface area contributed by atoms with Gasteiger partial charge in [-0.25, -0.2) is 0 Å². The molecular weight excluding hydrogens is 427 g/mol. The van der Waals surface area contributed by atoms with Crippen LogP contribution in [0.5, 0.6) is 5.75 Å². The van der Waals surface area contributed by atoms with Crippen LogP contribution in [0, 0.1) is 6.92 Å². The van der Waals surface area contributed by atoms with Crippen LogP contribution in [-0.4, -0.2) is 57.2 Å². The van der Waals surface area contributed by atoms with Gasteiger partial charge in [-0.2, -0.15) is 0 Å². The number of guanidine groups is 1. The largest absolute Gasteiger partial charge is 0.492 e. The summed E-state index contributed by atoms with van der Waals surface area (Å²) in [4.78, 5) is 6.60. The van der Waals surface area contributed by atoms with Crippen molar-refractivity contribution >= 4 is 29.9 Å². The first kappa shape index (κ1) is 24.0. The van der Waals surface area contributed by atoms with Crippen LogP contribution in [0.3, 0.4) is 0 Å². The van der Waals surface area contributed by atoms with Gasteiger partial charge in [0, 0.05) is 19.6 Å². The summed E-state index contributed by atoms with van der Waals surface area (Å²) in [5.74, 6) is 1.74. The molecule has 2 N–H and O–H groups in total. The van der Waals surface area contributed by atoms with Crippen molar-refractivity contribution in [2.45, 2.75) is 39.7 Å². The minimum Gasteiger partial charge on any atom is -0.492 e. The number of ether oxygens (including phenoxy) is 1. The lowest BCUT2D eigenvalue weighted by molar-refractivity contribution is 0.268. The van der Waals surface area contributed by atoms with Gasteiger partial charge in [0.15, 0.2) is 5.96 Å². The standard InChI is InChI=1S/C19H34N4O.HI/c1-16(2)23(5)14-7-6-12-21-19(20-4)22-13-15-24-18-10-8-17(3)9-11-18;/h8-11,16H,6-7,12-15H2,1-5H3,(H2,20,21,22);1H. The van der Waals surface area contributed by atoms with E-state index < -0.39 is 0 Å². The van der Waals surface area contributed by atoms with E-state index in [0.29, 0.717) is 12.6 Å². The smallest absolute Gasteiger partial charge is 0.191 e. The second-order valence-electron chi connectivity index (χ2n) is 6.37. The molecule has 0 aromatic heterocycles. The Hall–Kier alpha value is -1.02. The number of aryl methyl sites for hydroxylation is 1. The fraction of sp³-hybridized carbons (Fsp3) is 0.632. The summed E-state index contributed by atoms with van der Waals surface area (Å²) in [5, 5.41) is 6.62. The van der Waals surface area contributed by atoms with E-state index in [9.17, 15) is 0 Å². The van der Waals surface area contributed by atoms with Gasteiger partial charge < -0.3 is 20.3 Å². The van der Waals surface area contributed by atoms with Gasteiger partial charge in [0.2, 0.25) is 0 Å². The summed E-state index contributed by atoms with van der Waals surface area (Å²) in [5.41, 5.74) is 1.24. The Morgan fingerprint density at radius 2 is 1.76 bits per heavy atom. The molecule has 0 bridgehead atoms. The zero-order valence-corrected chi connectivity index (χ0v) is 18.7. The Balaban J connectivity index is 0.00000576. The number of nitrogens with zero attached hydrogens (tertiary/aromatic N) is 2. The number of halogens is 1. The molecule has 0 heterocycles. The Morgan fingerprint density at radius 1 is 1.12 bits per heavy atom. The molecule has 0 amide bonds. The second-order valence-corrected chi connectivity index (χ2v) is 6.37. The van der Waals surface area contributed by atoms with Gasteiger partial charge in [0.1, 0.15) is 12.4 Å². The van der Waals surface area contributed by atoms with Crippen LogP contribution >= 0.6 is 24.0 Å². The van der Waals surface area contributed by atoms with E-state index in [4.69, 9.17) is 4.74 Å². The predicted octanol–water partition coefficient (Wildman–Crippen LogP) is 3.28. The van der Waals surface area contributed by atoms with Crippen molar-refractivity contribution in [3.63, 3.8) is 0 Å². The predicted molar refractivity (Wildman–Crippen MR) is 118 cm³/mol. The van der Waals surface area contributed by atoms with Crippen LogP contribution in [0.25, 0.3) is 0 Å². The monoisotopic (exact) mass is 462 g/mol. The highest BCUT2D eigenvalue weighted by atomic mass is 127. The maximum atomic E-state index is 5.70. The molecule has 0 atom stereocenters. The number of hydrogen-bond donors (Lipinski definition) is 2. The summed E-state index contributed by atoms with van der Waals surface area (Å²) < 4.78 is 5.70. The molecule has 1 aromatic carbocycles. The molecule has 0 fully saturated rings. The summed E-state index contributed by atoms with van der Waals surface area (Å²) in [6.45, 7) is 9.93. The maximum Gasteiger partial charge on any atom is 0.191 e. The van der Waals surface area contributed by atoms with Gasteiger partial charge in [-0.15, -0.1) is 24.0 Å². The summed E-state index contributed by atoms with van der Waals surface area (Å²) in [6.07, 6.45) is 2.33. The van der Waals surface area contributed by atoms with Gasteiger partial charge in [-0.1, -0.05) is 17.7 Å². The maximum absolute atomic E-state index is 5.70. The van der Waals surface area contributed by atoms with E-state index in [0.717, 1.165) is 37.8 Å². The highest BCUT2D eigenvalue weighted by molar-refractivity contribution is 14.0. The van der Waals surface area contributed by atoms with Crippen LogP contribution in [0.15, 0.2) is 29.3 Å². The first-order valence-corrected chi connectivity index (χ1v) is 8.87. The highest BCUT2D eigenvalue weighted by Crippen LogP contribution is 2.10. The first-order valence-electron chi connectivity index (χ1n) is 8.87. The van der Waals surface area contributed by atoms with Gasteiger partial charge in [-0.05, 0) is 59.3 Å². The normalized spacial score (nSPS) is 11.4. The number of rotatable bonds is 10.